The summed E-state index contributed by atoms with van der Waals surface area (Å²) >= 11 is 3.47. The molecule has 0 fully saturated rings. The average Bonchev–Trinajstić information content (AvgIpc) is 2.68. The fourth-order valence-corrected chi connectivity index (χ4v) is 3.01. The van der Waals surface area contributed by atoms with Gasteiger partial charge in [-0.05, 0) is 52.6 Å². The molecule has 0 heterocycles. The van der Waals surface area contributed by atoms with Crippen molar-refractivity contribution in [2.24, 2.45) is 0 Å². The summed E-state index contributed by atoms with van der Waals surface area (Å²) < 4.78 is 6.87. The Kier molecular flexibility index (Phi) is 6.44. The predicted octanol–water partition coefficient (Wildman–Crippen LogP) is 5.59. The van der Waals surface area contributed by atoms with E-state index < -0.39 is 5.97 Å². The minimum atomic E-state index is -0.839. The lowest BCUT2D eigenvalue weighted by Crippen LogP contribution is -2.00. The van der Waals surface area contributed by atoms with Crippen LogP contribution in [0.3, 0.4) is 0 Å². The Morgan fingerprint density at radius 2 is 1.52 bits per heavy atom. The van der Waals surface area contributed by atoms with Crippen molar-refractivity contribution in [2.45, 2.75) is 6.42 Å². The van der Waals surface area contributed by atoms with Gasteiger partial charge in [-0.3, -0.25) is 4.79 Å². The van der Waals surface area contributed by atoms with Gasteiger partial charge in [0.25, 0.3) is 0 Å². The Balaban J connectivity index is 1.76. The molecule has 1 N–H and O–H groups in total. The molecule has 0 aromatic heterocycles. The van der Waals surface area contributed by atoms with Crippen molar-refractivity contribution in [1.82, 2.24) is 0 Å². The van der Waals surface area contributed by atoms with Gasteiger partial charge in [0.1, 0.15) is 12.4 Å². The zero-order valence-corrected chi connectivity index (χ0v) is 16.2. The third kappa shape index (κ3) is 5.56. The van der Waals surface area contributed by atoms with Crippen LogP contribution in [0, 0.1) is 0 Å². The van der Waals surface area contributed by atoms with Gasteiger partial charge in [0.05, 0.1) is 6.42 Å². The lowest BCUT2D eigenvalue weighted by Gasteiger charge is -2.10. The Bertz CT molecular complexity index is 914. The van der Waals surface area contributed by atoms with Gasteiger partial charge in [0.2, 0.25) is 0 Å². The summed E-state index contributed by atoms with van der Waals surface area (Å²) in [5, 5.41) is 8.83. The molecule has 0 saturated carbocycles. The molecular weight excluding hydrogens is 404 g/mol. The predicted molar refractivity (Wildman–Crippen MR) is 111 cm³/mol. The summed E-state index contributed by atoms with van der Waals surface area (Å²) in [6.45, 7) is 0.415. The first-order chi connectivity index (χ1) is 13.1. The van der Waals surface area contributed by atoms with Gasteiger partial charge in [0, 0.05) is 4.47 Å². The second-order valence-electron chi connectivity index (χ2n) is 6.02. The molecule has 0 aliphatic carbocycles. The van der Waals surface area contributed by atoms with Crippen LogP contribution in [0.2, 0.25) is 0 Å². The fourth-order valence-electron chi connectivity index (χ4n) is 2.75. The standard InChI is InChI=1S/C23H19BrO3/c24-20-10-8-19(9-11-20)22(18-4-2-1-3-5-18)14-15-27-21-12-6-17(7-13-21)16-23(25)26/h1-14H,15-16H2,(H,25,26)/b22-14-. The van der Waals surface area contributed by atoms with E-state index in [0.717, 1.165) is 26.7 Å². The normalized spacial score (nSPS) is 11.2. The maximum Gasteiger partial charge on any atom is 0.307 e. The number of aliphatic carboxylic acids is 1. The van der Waals surface area contributed by atoms with Crippen molar-refractivity contribution in [3.63, 3.8) is 0 Å². The Labute approximate surface area is 167 Å². The second-order valence-corrected chi connectivity index (χ2v) is 6.93. The highest BCUT2D eigenvalue weighted by Crippen LogP contribution is 2.25. The first-order valence-electron chi connectivity index (χ1n) is 8.57. The second kappa shape index (κ2) is 9.19. The van der Waals surface area contributed by atoms with E-state index in [1.165, 1.54) is 0 Å². The molecule has 0 spiro atoms. The molecule has 0 aliphatic heterocycles. The van der Waals surface area contributed by atoms with Crippen molar-refractivity contribution < 1.29 is 14.6 Å². The van der Waals surface area contributed by atoms with Crippen LogP contribution in [-0.2, 0) is 11.2 Å². The van der Waals surface area contributed by atoms with Gasteiger partial charge in [-0.2, -0.15) is 0 Å². The number of rotatable bonds is 7. The third-order valence-corrected chi connectivity index (χ3v) is 4.58. The molecule has 0 atom stereocenters. The number of carbonyl (C=O) groups is 1. The van der Waals surface area contributed by atoms with Crippen LogP contribution in [0.4, 0.5) is 0 Å². The van der Waals surface area contributed by atoms with Crippen molar-refractivity contribution in [1.29, 1.82) is 0 Å². The van der Waals surface area contributed by atoms with Crippen LogP contribution in [0.15, 0.2) is 89.4 Å². The first-order valence-corrected chi connectivity index (χ1v) is 9.36. The summed E-state index contributed by atoms with van der Waals surface area (Å²) in [6, 6.07) is 25.5. The van der Waals surface area contributed by atoms with Gasteiger partial charge in [-0.15, -0.1) is 0 Å². The SMILES string of the molecule is O=C(O)Cc1ccc(OC/C=C(/c2ccccc2)c2ccc(Br)cc2)cc1. The summed E-state index contributed by atoms with van der Waals surface area (Å²) in [5.41, 5.74) is 4.10. The smallest absolute Gasteiger partial charge is 0.307 e. The lowest BCUT2D eigenvalue weighted by molar-refractivity contribution is -0.136. The van der Waals surface area contributed by atoms with E-state index in [1.54, 1.807) is 24.3 Å². The van der Waals surface area contributed by atoms with Crippen molar-refractivity contribution in [3.05, 3.63) is 106 Å². The topological polar surface area (TPSA) is 46.5 Å². The summed E-state index contributed by atoms with van der Waals surface area (Å²) in [7, 11) is 0. The molecular formula is C23H19BrO3. The van der Waals surface area contributed by atoms with Gasteiger partial charge in [-0.25, -0.2) is 0 Å². The number of carboxylic acids is 1. The first kappa shape index (κ1) is 18.9. The fraction of sp³-hybridized carbons (Fsp3) is 0.0870. The van der Waals surface area contributed by atoms with Gasteiger partial charge in [0.15, 0.2) is 0 Å². The van der Waals surface area contributed by atoms with Crippen molar-refractivity contribution in [2.75, 3.05) is 6.61 Å². The quantitative estimate of drug-likeness (QED) is 0.539. The minimum Gasteiger partial charge on any atom is -0.490 e. The molecule has 136 valence electrons. The van der Waals surface area contributed by atoms with Crippen LogP contribution in [0.1, 0.15) is 16.7 Å². The van der Waals surface area contributed by atoms with Crippen LogP contribution >= 0.6 is 15.9 Å². The van der Waals surface area contributed by atoms with E-state index in [9.17, 15) is 4.79 Å². The lowest BCUT2D eigenvalue weighted by atomic mass is 9.98. The molecule has 3 nitrogen and oxygen atoms in total. The molecule has 0 bridgehead atoms. The Morgan fingerprint density at radius 1 is 0.889 bits per heavy atom. The molecule has 4 heteroatoms. The molecule has 3 rings (SSSR count). The number of hydrogen-bond donors (Lipinski definition) is 1. The van der Waals surface area contributed by atoms with E-state index in [0.29, 0.717) is 12.4 Å². The van der Waals surface area contributed by atoms with E-state index in [4.69, 9.17) is 9.84 Å². The van der Waals surface area contributed by atoms with E-state index in [1.807, 2.05) is 30.3 Å². The van der Waals surface area contributed by atoms with Gasteiger partial charge in [-0.1, -0.05) is 70.5 Å². The highest BCUT2D eigenvalue weighted by molar-refractivity contribution is 9.10. The van der Waals surface area contributed by atoms with Crippen LogP contribution < -0.4 is 4.74 Å². The zero-order valence-electron chi connectivity index (χ0n) is 14.6. The maximum atomic E-state index is 10.7. The van der Waals surface area contributed by atoms with E-state index in [-0.39, 0.29) is 6.42 Å². The molecule has 3 aromatic carbocycles. The largest absolute Gasteiger partial charge is 0.490 e. The highest BCUT2D eigenvalue weighted by Gasteiger charge is 2.05. The minimum absolute atomic E-state index is 0.0158. The maximum absolute atomic E-state index is 10.7. The van der Waals surface area contributed by atoms with Crippen molar-refractivity contribution >= 4 is 27.5 Å². The molecule has 0 aliphatic rings. The van der Waals surface area contributed by atoms with E-state index >= 15 is 0 Å². The van der Waals surface area contributed by atoms with Crippen LogP contribution in [0.5, 0.6) is 5.75 Å². The Morgan fingerprint density at radius 3 is 2.15 bits per heavy atom. The monoisotopic (exact) mass is 422 g/mol. The number of hydrogen-bond acceptors (Lipinski definition) is 2. The molecule has 0 amide bonds. The van der Waals surface area contributed by atoms with Crippen molar-refractivity contribution in [3.8, 4) is 5.75 Å². The zero-order chi connectivity index (χ0) is 19.1. The van der Waals surface area contributed by atoms with Gasteiger partial charge >= 0.3 is 5.97 Å². The number of halogens is 1. The molecule has 0 saturated heterocycles. The van der Waals surface area contributed by atoms with Gasteiger partial charge < -0.3 is 9.84 Å². The number of carboxylic acid groups (broad SMARTS) is 1. The summed E-state index contributed by atoms with van der Waals surface area (Å²) in [4.78, 5) is 10.7. The average molecular weight is 423 g/mol. The Hall–Kier alpha value is -2.85. The molecule has 0 radical (unpaired) electrons. The number of benzene rings is 3. The number of ether oxygens (including phenoxy) is 1. The molecule has 3 aromatic rings. The molecule has 0 unspecified atom stereocenters. The summed E-state index contributed by atoms with van der Waals surface area (Å²) in [6.07, 6.45) is 2.08. The summed E-state index contributed by atoms with van der Waals surface area (Å²) in [5.74, 6) is -0.128. The third-order valence-electron chi connectivity index (χ3n) is 4.06. The van der Waals surface area contributed by atoms with Crippen LogP contribution in [0.25, 0.3) is 5.57 Å². The highest BCUT2D eigenvalue weighted by atomic mass is 79.9. The molecule has 27 heavy (non-hydrogen) atoms. The van der Waals surface area contributed by atoms with Crippen LogP contribution in [-0.4, -0.2) is 17.7 Å². The van der Waals surface area contributed by atoms with E-state index in [2.05, 4.69) is 46.3 Å².